The fraction of sp³-hybridized carbons (Fsp3) is 0.238. The molecule has 1 saturated carbocycles. The normalized spacial score (nSPS) is 14.8. The van der Waals surface area contributed by atoms with Crippen molar-refractivity contribution in [2.45, 2.75) is 31.9 Å². The van der Waals surface area contributed by atoms with Crippen molar-refractivity contribution in [2.75, 3.05) is 0 Å². The lowest BCUT2D eigenvalue weighted by atomic mass is 10.1. The largest absolute Gasteiger partial charge is 0.476 e. The van der Waals surface area contributed by atoms with Gasteiger partial charge in [0.15, 0.2) is 0 Å². The number of ether oxygens (including phenoxy) is 1. The second kappa shape index (κ2) is 6.67. The summed E-state index contributed by atoms with van der Waals surface area (Å²) in [5.74, 6) is 0.315. The summed E-state index contributed by atoms with van der Waals surface area (Å²) in [5.41, 5.74) is 1.66. The molecule has 4 rings (SSSR count). The van der Waals surface area contributed by atoms with Crippen molar-refractivity contribution < 1.29 is 13.9 Å². The molecule has 5 nitrogen and oxygen atoms in total. The van der Waals surface area contributed by atoms with Crippen molar-refractivity contribution >= 4 is 16.9 Å². The summed E-state index contributed by atoms with van der Waals surface area (Å²) in [7, 11) is 0. The van der Waals surface area contributed by atoms with Crippen LogP contribution in [0, 0.1) is 6.92 Å². The molecule has 1 amide bonds. The first-order valence-corrected chi connectivity index (χ1v) is 8.66. The van der Waals surface area contributed by atoms with Crippen molar-refractivity contribution in [2.24, 2.45) is 0 Å². The summed E-state index contributed by atoms with van der Waals surface area (Å²) >= 11 is 0. The quantitative estimate of drug-likeness (QED) is 0.716. The van der Waals surface area contributed by atoms with E-state index < -0.39 is 11.7 Å². The lowest BCUT2D eigenvalue weighted by Gasteiger charge is -2.19. The molecule has 0 bridgehead atoms. The number of amides is 1. The van der Waals surface area contributed by atoms with E-state index in [2.05, 4.69) is 5.32 Å². The maximum Gasteiger partial charge on any atom is 0.336 e. The highest BCUT2D eigenvalue weighted by atomic mass is 16.5. The van der Waals surface area contributed by atoms with Crippen LogP contribution in [0.4, 0.5) is 0 Å². The van der Waals surface area contributed by atoms with Gasteiger partial charge in [-0.1, -0.05) is 30.3 Å². The van der Waals surface area contributed by atoms with E-state index in [1.807, 2.05) is 43.3 Å². The van der Waals surface area contributed by atoms with Gasteiger partial charge in [-0.15, -0.1) is 0 Å². The summed E-state index contributed by atoms with van der Waals surface area (Å²) in [4.78, 5) is 24.3. The van der Waals surface area contributed by atoms with Crippen LogP contribution in [0.3, 0.4) is 0 Å². The van der Waals surface area contributed by atoms with Crippen LogP contribution >= 0.6 is 0 Å². The molecule has 0 unspecified atom stereocenters. The van der Waals surface area contributed by atoms with Crippen LogP contribution in [-0.2, 0) is 4.79 Å². The Labute approximate surface area is 150 Å². The first-order chi connectivity index (χ1) is 12.6. The van der Waals surface area contributed by atoms with E-state index in [1.54, 1.807) is 12.1 Å². The molecule has 26 heavy (non-hydrogen) atoms. The predicted octanol–water partition coefficient (Wildman–Crippen LogP) is 3.50. The van der Waals surface area contributed by atoms with Gasteiger partial charge in [-0.25, -0.2) is 4.79 Å². The van der Waals surface area contributed by atoms with Crippen molar-refractivity contribution in [1.29, 1.82) is 0 Å². The summed E-state index contributed by atoms with van der Waals surface area (Å²) in [5, 5.41) is 3.83. The molecule has 1 N–H and O–H groups in total. The molecule has 132 valence electrons. The summed E-state index contributed by atoms with van der Waals surface area (Å²) < 4.78 is 11.3. The first kappa shape index (κ1) is 16.4. The number of hydrogen-bond acceptors (Lipinski definition) is 4. The van der Waals surface area contributed by atoms with Crippen LogP contribution in [0.1, 0.15) is 30.1 Å². The molecule has 0 radical (unpaired) electrons. The molecule has 0 saturated heterocycles. The summed E-state index contributed by atoms with van der Waals surface area (Å²) in [6.45, 7) is 1.86. The molecule has 1 aliphatic rings. The highest BCUT2D eigenvalue weighted by molar-refractivity contribution is 5.84. The van der Waals surface area contributed by atoms with Crippen LogP contribution in [0.25, 0.3) is 11.0 Å². The number of carbonyl (C=O) groups excluding carboxylic acids is 1. The van der Waals surface area contributed by atoms with Gasteiger partial charge in [-0.3, -0.25) is 4.79 Å². The van der Waals surface area contributed by atoms with E-state index in [1.165, 1.54) is 6.07 Å². The number of hydrogen-bond donors (Lipinski definition) is 1. The third-order valence-corrected chi connectivity index (χ3v) is 4.44. The molecule has 1 aromatic heterocycles. The Kier molecular flexibility index (Phi) is 4.21. The van der Waals surface area contributed by atoms with Gasteiger partial charge in [0.05, 0.1) is 0 Å². The average Bonchev–Trinajstić information content (AvgIpc) is 3.44. The Morgan fingerprint density at radius 1 is 1.15 bits per heavy atom. The Hall–Kier alpha value is -3.08. The fourth-order valence-electron chi connectivity index (χ4n) is 2.92. The molecule has 3 aromatic rings. The van der Waals surface area contributed by atoms with E-state index in [4.69, 9.17) is 9.15 Å². The number of nitrogens with one attached hydrogen (secondary N) is 1. The molecule has 1 atom stereocenters. The second-order valence-corrected chi connectivity index (χ2v) is 6.60. The number of benzene rings is 2. The van der Waals surface area contributed by atoms with Gasteiger partial charge in [0.25, 0.3) is 5.91 Å². The van der Waals surface area contributed by atoms with Crippen molar-refractivity contribution in [3.8, 4) is 5.75 Å². The minimum atomic E-state index is -0.759. The number of aryl methyl sites for hydroxylation is 1. The molecular formula is C21H19NO4. The Morgan fingerprint density at radius 3 is 2.65 bits per heavy atom. The third kappa shape index (κ3) is 3.47. The van der Waals surface area contributed by atoms with Crippen LogP contribution in [0.2, 0.25) is 0 Å². The van der Waals surface area contributed by atoms with Gasteiger partial charge in [0.1, 0.15) is 11.3 Å². The van der Waals surface area contributed by atoms with Gasteiger partial charge in [0.2, 0.25) is 6.10 Å². The molecule has 2 aromatic carbocycles. The number of rotatable bonds is 5. The monoisotopic (exact) mass is 349 g/mol. The highest BCUT2D eigenvalue weighted by Crippen LogP contribution is 2.28. The molecule has 0 spiro atoms. The Balaban J connectivity index is 1.67. The Morgan fingerprint density at radius 2 is 1.92 bits per heavy atom. The Bertz CT molecular complexity index is 1010. The molecule has 1 fully saturated rings. The van der Waals surface area contributed by atoms with Crippen LogP contribution in [-0.4, -0.2) is 11.9 Å². The number of fused-ring (bicyclic) bond motifs is 1. The maximum absolute atomic E-state index is 12.7. The van der Waals surface area contributed by atoms with Gasteiger partial charge in [0, 0.05) is 29.1 Å². The van der Waals surface area contributed by atoms with E-state index >= 15 is 0 Å². The zero-order chi connectivity index (χ0) is 18.1. The van der Waals surface area contributed by atoms with E-state index in [-0.39, 0.29) is 11.9 Å². The van der Waals surface area contributed by atoms with Crippen molar-refractivity contribution in [3.63, 3.8) is 0 Å². The van der Waals surface area contributed by atoms with Crippen molar-refractivity contribution in [1.82, 2.24) is 5.32 Å². The molecule has 0 aliphatic heterocycles. The molecule has 1 aliphatic carbocycles. The fourth-order valence-corrected chi connectivity index (χ4v) is 2.92. The SMILES string of the molecule is Cc1cc(=O)oc2cc(O[C@H](C(=O)NC3CC3)c3ccccc3)ccc12. The second-order valence-electron chi connectivity index (χ2n) is 6.60. The number of carbonyl (C=O) groups is 1. The van der Waals surface area contributed by atoms with E-state index in [9.17, 15) is 9.59 Å². The van der Waals surface area contributed by atoms with Gasteiger partial charge >= 0.3 is 5.63 Å². The van der Waals surface area contributed by atoms with Gasteiger partial charge < -0.3 is 14.5 Å². The lowest BCUT2D eigenvalue weighted by molar-refractivity contribution is -0.128. The third-order valence-electron chi connectivity index (χ3n) is 4.44. The summed E-state index contributed by atoms with van der Waals surface area (Å²) in [6.07, 6.45) is 1.26. The van der Waals surface area contributed by atoms with E-state index in [0.29, 0.717) is 11.3 Å². The van der Waals surface area contributed by atoms with Crippen LogP contribution in [0.15, 0.2) is 63.8 Å². The lowest BCUT2D eigenvalue weighted by Crippen LogP contribution is -2.33. The van der Waals surface area contributed by atoms with Gasteiger partial charge in [-0.05, 0) is 37.5 Å². The van der Waals surface area contributed by atoms with Crippen molar-refractivity contribution in [3.05, 3.63) is 76.1 Å². The maximum atomic E-state index is 12.7. The van der Waals surface area contributed by atoms with Crippen LogP contribution in [0.5, 0.6) is 5.75 Å². The zero-order valence-corrected chi connectivity index (χ0v) is 14.4. The zero-order valence-electron chi connectivity index (χ0n) is 14.4. The predicted molar refractivity (Wildman–Crippen MR) is 98.2 cm³/mol. The smallest absolute Gasteiger partial charge is 0.336 e. The molecule has 1 heterocycles. The first-order valence-electron chi connectivity index (χ1n) is 8.66. The minimum absolute atomic E-state index is 0.163. The van der Waals surface area contributed by atoms with E-state index in [0.717, 1.165) is 29.4 Å². The van der Waals surface area contributed by atoms with Crippen LogP contribution < -0.4 is 15.7 Å². The highest BCUT2D eigenvalue weighted by Gasteiger charge is 2.29. The molecule has 5 heteroatoms. The topological polar surface area (TPSA) is 68.5 Å². The average molecular weight is 349 g/mol. The molecular weight excluding hydrogens is 330 g/mol. The minimum Gasteiger partial charge on any atom is -0.476 e. The standard InChI is InChI=1S/C21H19NO4/c1-13-11-19(23)26-18-12-16(9-10-17(13)18)25-20(14-5-3-2-4-6-14)21(24)22-15-7-8-15/h2-6,9-12,15,20H,7-8H2,1H3,(H,22,24)/t20-/m0/s1. The summed E-state index contributed by atoms with van der Waals surface area (Å²) in [6, 6.07) is 16.4. The van der Waals surface area contributed by atoms with Gasteiger partial charge in [-0.2, -0.15) is 0 Å².